The van der Waals surface area contributed by atoms with Gasteiger partial charge < -0.3 is 0 Å². The molecule has 24 heavy (non-hydrogen) atoms. The van der Waals surface area contributed by atoms with Crippen LogP contribution in [0.4, 0.5) is 0 Å². The molecule has 0 aromatic heterocycles. The molecule has 0 radical (unpaired) electrons. The number of hydrogen-bond acceptors (Lipinski definition) is 4. The summed E-state index contributed by atoms with van der Waals surface area (Å²) in [5.41, 5.74) is 6.07. The van der Waals surface area contributed by atoms with Crippen molar-refractivity contribution >= 4 is 35.1 Å². The third-order valence-corrected chi connectivity index (χ3v) is 7.63. The maximum Gasteiger partial charge on any atom is 0.202 e. The highest BCUT2D eigenvalue weighted by molar-refractivity contribution is 8.08. The largest absolute Gasteiger partial charge is 0.288 e. The van der Waals surface area contributed by atoms with Gasteiger partial charge in [-0.1, -0.05) is 35.7 Å². The normalized spacial score (nSPS) is 19.0. The molecule has 0 fully saturated rings. The van der Waals surface area contributed by atoms with Gasteiger partial charge in [-0.05, 0) is 62.1 Å². The lowest BCUT2D eigenvalue weighted by Gasteiger charge is -2.13. The van der Waals surface area contributed by atoms with Crippen molar-refractivity contribution in [2.75, 3.05) is 0 Å². The molecule has 2 nitrogen and oxygen atoms in total. The fourth-order valence-corrected chi connectivity index (χ4v) is 5.78. The number of Topliss-reactive ketones (excluding diaryl/α,β-unsaturated/α-hetero) is 2. The third-order valence-electron chi connectivity index (χ3n) is 5.02. The Balaban J connectivity index is 1.90. The van der Waals surface area contributed by atoms with Crippen LogP contribution in [0.2, 0.25) is 0 Å². The standard InChI is InChI=1S/C20H16O2S2/c1-9-10(2)12(4)18-15(11(9)3)17(22)20(24-18)19-16(21)13-7-5-6-8-14(13)23-19/h5-8H,1-4H3. The Morgan fingerprint density at radius 3 is 2.04 bits per heavy atom. The number of fused-ring (bicyclic) bond motifs is 2. The van der Waals surface area contributed by atoms with Crippen LogP contribution in [0.3, 0.4) is 0 Å². The van der Waals surface area contributed by atoms with Gasteiger partial charge in [0.1, 0.15) is 0 Å². The highest BCUT2D eigenvalue weighted by Crippen LogP contribution is 2.51. The first-order valence-corrected chi connectivity index (χ1v) is 9.44. The molecule has 4 rings (SSSR count). The number of benzene rings is 2. The van der Waals surface area contributed by atoms with Gasteiger partial charge in [-0.3, -0.25) is 9.59 Å². The molecule has 0 aliphatic carbocycles. The monoisotopic (exact) mass is 352 g/mol. The molecule has 0 N–H and O–H groups in total. The summed E-state index contributed by atoms with van der Waals surface area (Å²) in [6.07, 6.45) is 0. The first-order chi connectivity index (χ1) is 11.4. The minimum absolute atomic E-state index is 0.00218. The summed E-state index contributed by atoms with van der Waals surface area (Å²) in [7, 11) is 0. The Morgan fingerprint density at radius 2 is 1.33 bits per heavy atom. The van der Waals surface area contributed by atoms with Crippen LogP contribution in [0.15, 0.2) is 43.9 Å². The van der Waals surface area contributed by atoms with Gasteiger partial charge in [-0.15, -0.1) is 0 Å². The molecule has 0 saturated heterocycles. The second-order valence-corrected chi connectivity index (χ2v) is 8.29. The average Bonchev–Trinajstić information content (AvgIpc) is 3.09. The predicted molar refractivity (Wildman–Crippen MR) is 99.2 cm³/mol. The smallest absolute Gasteiger partial charge is 0.202 e. The Bertz CT molecular complexity index is 984. The summed E-state index contributed by atoms with van der Waals surface area (Å²) in [6, 6.07) is 7.56. The zero-order valence-corrected chi connectivity index (χ0v) is 15.6. The van der Waals surface area contributed by atoms with Gasteiger partial charge in [0, 0.05) is 20.9 Å². The van der Waals surface area contributed by atoms with Crippen LogP contribution in [0.5, 0.6) is 0 Å². The van der Waals surface area contributed by atoms with Crippen molar-refractivity contribution in [3.63, 3.8) is 0 Å². The predicted octanol–water partition coefficient (Wildman–Crippen LogP) is 5.41. The molecule has 0 amide bonds. The van der Waals surface area contributed by atoms with E-state index in [1.54, 1.807) is 0 Å². The lowest BCUT2D eigenvalue weighted by Crippen LogP contribution is -2.05. The van der Waals surface area contributed by atoms with E-state index < -0.39 is 0 Å². The number of allylic oxidation sites excluding steroid dienone is 2. The number of thioether (sulfide) groups is 2. The molecule has 120 valence electrons. The van der Waals surface area contributed by atoms with E-state index in [-0.39, 0.29) is 11.6 Å². The van der Waals surface area contributed by atoms with Gasteiger partial charge in [0.25, 0.3) is 0 Å². The highest BCUT2D eigenvalue weighted by atomic mass is 32.2. The van der Waals surface area contributed by atoms with Gasteiger partial charge in [0.15, 0.2) is 0 Å². The van der Waals surface area contributed by atoms with E-state index in [2.05, 4.69) is 20.8 Å². The highest BCUT2D eigenvalue weighted by Gasteiger charge is 2.38. The van der Waals surface area contributed by atoms with Gasteiger partial charge in [-0.2, -0.15) is 0 Å². The maximum atomic E-state index is 13.1. The van der Waals surface area contributed by atoms with Crippen molar-refractivity contribution in [1.82, 2.24) is 0 Å². The maximum absolute atomic E-state index is 13.1. The van der Waals surface area contributed by atoms with Gasteiger partial charge in [-0.25, -0.2) is 0 Å². The van der Waals surface area contributed by atoms with Crippen LogP contribution in [0, 0.1) is 27.7 Å². The Hall–Kier alpha value is -1.78. The summed E-state index contributed by atoms with van der Waals surface area (Å²) in [6.45, 7) is 8.23. The molecule has 2 aliphatic rings. The average molecular weight is 352 g/mol. The van der Waals surface area contributed by atoms with Crippen molar-refractivity contribution in [2.45, 2.75) is 37.5 Å². The quantitative estimate of drug-likeness (QED) is 0.594. The van der Waals surface area contributed by atoms with Crippen molar-refractivity contribution in [3.05, 3.63) is 67.5 Å². The van der Waals surface area contributed by atoms with E-state index in [4.69, 9.17) is 0 Å². The molecular weight excluding hydrogens is 336 g/mol. The Morgan fingerprint density at radius 1 is 0.708 bits per heavy atom. The Kier molecular flexibility index (Phi) is 3.52. The zero-order valence-electron chi connectivity index (χ0n) is 13.9. The second-order valence-electron chi connectivity index (χ2n) is 6.22. The fraction of sp³-hybridized carbons (Fsp3) is 0.200. The van der Waals surface area contributed by atoms with E-state index in [9.17, 15) is 9.59 Å². The van der Waals surface area contributed by atoms with Crippen molar-refractivity contribution in [1.29, 1.82) is 0 Å². The van der Waals surface area contributed by atoms with Crippen molar-refractivity contribution < 1.29 is 9.59 Å². The lowest BCUT2D eigenvalue weighted by atomic mass is 9.92. The van der Waals surface area contributed by atoms with Gasteiger partial charge in [0.05, 0.1) is 9.81 Å². The van der Waals surface area contributed by atoms with Crippen LogP contribution in [0.25, 0.3) is 0 Å². The SMILES string of the molecule is Cc1c(C)c(C)c2c(c1C)SC(=C1Sc3ccccc3C1=O)C2=O. The summed E-state index contributed by atoms with van der Waals surface area (Å²) in [4.78, 5) is 28.9. The molecule has 0 unspecified atom stereocenters. The van der Waals surface area contributed by atoms with E-state index >= 15 is 0 Å². The minimum Gasteiger partial charge on any atom is -0.288 e. The van der Waals surface area contributed by atoms with Crippen LogP contribution in [0.1, 0.15) is 43.0 Å². The topological polar surface area (TPSA) is 34.1 Å². The summed E-state index contributed by atoms with van der Waals surface area (Å²) in [5.74, 6) is -0.0228. The molecule has 2 heterocycles. The van der Waals surface area contributed by atoms with Crippen molar-refractivity contribution in [3.8, 4) is 0 Å². The first-order valence-electron chi connectivity index (χ1n) is 7.80. The second kappa shape index (κ2) is 5.36. The van der Waals surface area contributed by atoms with Crippen LogP contribution >= 0.6 is 23.5 Å². The van der Waals surface area contributed by atoms with Crippen molar-refractivity contribution in [2.24, 2.45) is 0 Å². The lowest BCUT2D eigenvalue weighted by molar-refractivity contribution is 0.101. The molecule has 4 heteroatoms. The number of hydrogen-bond donors (Lipinski definition) is 0. The van der Waals surface area contributed by atoms with E-state index in [1.807, 2.05) is 31.2 Å². The molecule has 2 aromatic carbocycles. The molecule has 0 saturated carbocycles. The molecule has 2 aliphatic heterocycles. The molecule has 2 aromatic rings. The third kappa shape index (κ3) is 1.99. The molecular formula is C20H16O2S2. The number of carbonyl (C=O) groups excluding carboxylic acids is 2. The van der Waals surface area contributed by atoms with Gasteiger partial charge >= 0.3 is 0 Å². The number of rotatable bonds is 0. The molecule has 0 bridgehead atoms. The van der Waals surface area contributed by atoms with E-state index in [0.29, 0.717) is 15.4 Å². The van der Waals surface area contributed by atoms with Crippen LogP contribution in [-0.2, 0) is 0 Å². The number of ketones is 2. The van der Waals surface area contributed by atoms with E-state index in [0.717, 1.165) is 26.5 Å². The summed E-state index contributed by atoms with van der Waals surface area (Å²) < 4.78 is 0. The zero-order chi connectivity index (χ0) is 17.2. The van der Waals surface area contributed by atoms with Crippen LogP contribution < -0.4 is 0 Å². The summed E-state index contributed by atoms with van der Waals surface area (Å²) >= 11 is 2.89. The molecule has 0 spiro atoms. The first kappa shape index (κ1) is 15.7. The van der Waals surface area contributed by atoms with Gasteiger partial charge in [0.2, 0.25) is 11.6 Å². The fourth-order valence-electron chi connectivity index (χ4n) is 3.26. The minimum atomic E-state index is -0.0250. The molecule has 0 atom stereocenters. The van der Waals surface area contributed by atoms with Crippen LogP contribution in [-0.4, -0.2) is 11.6 Å². The number of carbonyl (C=O) groups is 2. The summed E-state index contributed by atoms with van der Waals surface area (Å²) in [5, 5.41) is 0. The van der Waals surface area contributed by atoms with E-state index in [1.165, 1.54) is 34.7 Å². The Labute approximate surface area is 149 Å².